The van der Waals surface area contributed by atoms with E-state index in [0.29, 0.717) is 5.69 Å². The zero-order valence-corrected chi connectivity index (χ0v) is 24.3. The third kappa shape index (κ3) is 7.93. The lowest BCUT2D eigenvalue weighted by Gasteiger charge is -2.26. The van der Waals surface area contributed by atoms with Crippen LogP contribution in [0.2, 0.25) is 0 Å². The van der Waals surface area contributed by atoms with Crippen LogP contribution >= 0.6 is 11.3 Å². The Bertz CT molecular complexity index is 1590. The highest BCUT2D eigenvalue weighted by Crippen LogP contribution is 2.24. The van der Waals surface area contributed by atoms with Crippen LogP contribution in [0.5, 0.6) is 0 Å². The summed E-state index contributed by atoms with van der Waals surface area (Å²) < 4.78 is 34.0. The number of thiazole rings is 1. The SMILES string of the molecule is CC(C)(C)OC(=O)N(CC(=O)O)c1cccc(CN(Cc2ccc(-c3cscn3)cc2)S(=O)(=O)c2ccccn2)n1. The lowest BCUT2D eigenvalue weighted by atomic mass is 10.1. The first-order chi connectivity index (χ1) is 19.4. The van der Waals surface area contributed by atoms with E-state index < -0.39 is 34.2 Å². The van der Waals surface area contributed by atoms with Crippen LogP contribution in [0.1, 0.15) is 32.0 Å². The molecule has 1 aromatic carbocycles. The number of carbonyl (C=O) groups excluding carboxylic acids is 1. The Labute approximate surface area is 242 Å². The smallest absolute Gasteiger partial charge is 0.416 e. The zero-order valence-electron chi connectivity index (χ0n) is 22.7. The fourth-order valence-electron chi connectivity index (χ4n) is 3.77. The minimum absolute atomic E-state index is 0.00701. The number of aromatic nitrogens is 3. The molecule has 0 saturated heterocycles. The molecule has 0 aliphatic carbocycles. The summed E-state index contributed by atoms with van der Waals surface area (Å²) in [6.45, 7) is 4.14. The van der Waals surface area contributed by atoms with Crippen LogP contribution in [-0.4, -0.2) is 57.0 Å². The largest absolute Gasteiger partial charge is 0.480 e. The van der Waals surface area contributed by atoms with Crippen LogP contribution in [-0.2, 0) is 32.6 Å². The van der Waals surface area contributed by atoms with E-state index in [9.17, 15) is 23.1 Å². The van der Waals surface area contributed by atoms with Crippen molar-refractivity contribution in [3.05, 3.63) is 89.0 Å². The van der Waals surface area contributed by atoms with Gasteiger partial charge in [0.25, 0.3) is 10.0 Å². The maximum Gasteiger partial charge on any atom is 0.416 e. The predicted octanol–water partition coefficient (Wildman–Crippen LogP) is 4.82. The van der Waals surface area contributed by atoms with Crippen molar-refractivity contribution in [2.75, 3.05) is 11.4 Å². The van der Waals surface area contributed by atoms with E-state index in [1.165, 1.54) is 34.0 Å². The minimum atomic E-state index is -4.07. The fraction of sp³-hybridized carbons (Fsp3) is 0.250. The normalized spacial score (nSPS) is 11.8. The van der Waals surface area contributed by atoms with Crippen LogP contribution < -0.4 is 4.90 Å². The summed E-state index contributed by atoms with van der Waals surface area (Å²) in [5, 5.41) is 11.2. The van der Waals surface area contributed by atoms with Gasteiger partial charge in [-0.25, -0.2) is 28.2 Å². The van der Waals surface area contributed by atoms with Gasteiger partial charge < -0.3 is 9.84 Å². The molecule has 0 unspecified atom stereocenters. The molecule has 1 N–H and O–H groups in total. The van der Waals surface area contributed by atoms with Gasteiger partial charge in [0, 0.05) is 23.7 Å². The van der Waals surface area contributed by atoms with Crippen LogP contribution in [0.3, 0.4) is 0 Å². The summed E-state index contributed by atoms with van der Waals surface area (Å²) in [4.78, 5) is 38.0. The molecule has 0 spiro atoms. The molecular formula is C28H29N5O6S2. The summed E-state index contributed by atoms with van der Waals surface area (Å²) >= 11 is 1.48. The number of benzene rings is 1. The molecule has 0 bridgehead atoms. The third-order valence-electron chi connectivity index (χ3n) is 5.60. The lowest BCUT2D eigenvalue weighted by molar-refractivity contribution is -0.135. The Hall–Kier alpha value is -4.20. The third-order valence-corrected chi connectivity index (χ3v) is 7.89. The topological polar surface area (TPSA) is 143 Å². The number of sulfonamides is 1. The molecule has 0 radical (unpaired) electrons. The molecule has 0 atom stereocenters. The van der Waals surface area contributed by atoms with Crippen LogP contribution in [0, 0.1) is 0 Å². The van der Waals surface area contributed by atoms with Gasteiger partial charge in [0.1, 0.15) is 18.0 Å². The van der Waals surface area contributed by atoms with Crippen molar-refractivity contribution >= 4 is 39.2 Å². The number of aliphatic carboxylic acids is 1. The average Bonchev–Trinajstić information content (AvgIpc) is 3.46. The first-order valence-electron chi connectivity index (χ1n) is 12.5. The number of rotatable bonds is 10. The maximum absolute atomic E-state index is 13.7. The lowest BCUT2D eigenvalue weighted by Crippen LogP contribution is -2.40. The number of carboxylic acid groups (broad SMARTS) is 1. The fourth-order valence-corrected chi connectivity index (χ4v) is 5.67. The molecule has 0 aliphatic heterocycles. The van der Waals surface area contributed by atoms with Gasteiger partial charge in [-0.3, -0.25) is 9.69 Å². The number of ether oxygens (including phenoxy) is 1. The van der Waals surface area contributed by atoms with E-state index in [2.05, 4.69) is 15.0 Å². The second kappa shape index (κ2) is 12.5. The predicted molar refractivity (Wildman–Crippen MR) is 154 cm³/mol. The number of anilines is 1. The number of hydrogen-bond donors (Lipinski definition) is 1. The second-order valence-electron chi connectivity index (χ2n) is 9.96. The van der Waals surface area contributed by atoms with Crippen molar-refractivity contribution in [3.8, 4) is 11.3 Å². The molecule has 214 valence electrons. The molecule has 0 fully saturated rings. The Morgan fingerprint density at radius 3 is 2.34 bits per heavy atom. The second-order valence-corrected chi connectivity index (χ2v) is 12.6. The maximum atomic E-state index is 13.7. The number of carbonyl (C=O) groups is 2. The van der Waals surface area contributed by atoms with Crippen molar-refractivity contribution in [3.63, 3.8) is 0 Å². The summed E-state index contributed by atoms with van der Waals surface area (Å²) in [6, 6.07) is 16.7. The Morgan fingerprint density at radius 1 is 0.976 bits per heavy atom. The molecule has 3 aromatic heterocycles. The Balaban J connectivity index is 1.66. The van der Waals surface area contributed by atoms with Crippen LogP contribution in [0.25, 0.3) is 11.3 Å². The van der Waals surface area contributed by atoms with Crippen molar-refractivity contribution in [2.24, 2.45) is 0 Å². The number of carboxylic acids is 1. The Kier molecular flexibility index (Phi) is 9.11. The molecule has 4 aromatic rings. The zero-order chi connectivity index (χ0) is 29.6. The van der Waals surface area contributed by atoms with Gasteiger partial charge in [-0.2, -0.15) is 4.31 Å². The summed E-state index contributed by atoms with van der Waals surface area (Å²) in [5.41, 5.74) is 3.63. The molecule has 41 heavy (non-hydrogen) atoms. The monoisotopic (exact) mass is 595 g/mol. The van der Waals surface area contributed by atoms with E-state index in [1.807, 2.05) is 29.6 Å². The van der Waals surface area contributed by atoms with Crippen molar-refractivity contribution in [2.45, 2.75) is 44.5 Å². The standard InChI is InChI=1S/C28H29N5O6S2/c1-28(2,3)39-27(36)33(17-26(34)35)24-8-6-7-22(31-24)16-32(41(37,38)25-9-4-5-14-29-25)15-20-10-12-21(13-11-20)23-18-40-19-30-23/h4-14,18-19H,15-17H2,1-3H3,(H,34,35). The number of amides is 1. The van der Waals surface area contributed by atoms with Gasteiger partial charge in [0.15, 0.2) is 5.03 Å². The van der Waals surface area contributed by atoms with E-state index >= 15 is 0 Å². The van der Waals surface area contributed by atoms with Crippen LogP contribution in [0.4, 0.5) is 10.6 Å². The van der Waals surface area contributed by atoms with Crippen molar-refractivity contribution in [1.29, 1.82) is 0 Å². The van der Waals surface area contributed by atoms with E-state index in [1.54, 1.807) is 50.5 Å². The summed E-state index contributed by atoms with van der Waals surface area (Å²) in [7, 11) is -4.07. The molecular weight excluding hydrogens is 566 g/mol. The van der Waals surface area contributed by atoms with Crippen LogP contribution in [0.15, 0.2) is 82.8 Å². The number of pyridine rings is 2. The number of nitrogens with zero attached hydrogens (tertiary/aromatic N) is 5. The molecule has 13 heteroatoms. The average molecular weight is 596 g/mol. The minimum Gasteiger partial charge on any atom is -0.480 e. The van der Waals surface area contributed by atoms with Gasteiger partial charge in [-0.15, -0.1) is 11.3 Å². The highest BCUT2D eigenvalue weighted by atomic mass is 32.2. The van der Waals surface area contributed by atoms with E-state index in [-0.39, 0.29) is 23.9 Å². The molecule has 11 nitrogen and oxygen atoms in total. The quantitative estimate of drug-likeness (QED) is 0.273. The summed E-state index contributed by atoms with van der Waals surface area (Å²) in [6.07, 6.45) is 0.514. The molecule has 1 amide bonds. The van der Waals surface area contributed by atoms with Gasteiger partial charge in [0.2, 0.25) is 0 Å². The molecule has 0 aliphatic rings. The van der Waals surface area contributed by atoms with Gasteiger partial charge in [-0.05, 0) is 50.6 Å². The van der Waals surface area contributed by atoms with Crippen molar-refractivity contribution < 1.29 is 27.9 Å². The molecule has 0 saturated carbocycles. The van der Waals surface area contributed by atoms with Gasteiger partial charge >= 0.3 is 12.1 Å². The molecule has 3 heterocycles. The van der Waals surface area contributed by atoms with Crippen molar-refractivity contribution in [1.82, 2.24) is 19.3 Å². The number of hydrogen-bond acceptors (Lipinski definition) is 9. The Morgan fingerprint density at radius 2 is 1.73 bits per heavy atom. The highest BCUT2D eigenvalue weighted by molar-refractivity contribution is 7.89. The van der Waals surface area contributed by atoms with E-state index in [4.69, 9.17) is 4.74 Å². The van der Waals surface area contributed by atoms with Gasteiger partial charge in [0.05, 0.1) is 23.4 Å². The highest BCUT2D eigenvalue weighted by Gasteiger charge is 2.29. The van der Waals surface area contributed by atoms with Gasteiger partial charge in [-0.1, -0.05) is 36.4 Å². The summed E-state index contributed by atoms with van der Waals surface area (Å²) in [5.74, 6) is -1.24. The first kappa shape index (κ1) is 29.8. The van der Waals surface area contributed by atoms with E-state index in [0.717, 1.165) is 21.7 Å². The molecule has 4 rings (SSSR count). The first-order valence-corrected chi connectivity index (χ1v) is 14.9.